The summed E-state index contributed by atoms with van der Waals surface area (Å²) in [5.74, 6) is 6.83. The molecular formula is C23H22N4O3. The van der Waals surface area contributed by atoms with E-state index < -0.39 is 0 Å². The minimum absolute atomic E-state index is 0.355. The topological polar surface area (TPSA) is 102 Å². The van der Waals surface area contributed by atoms with Crippen molar-refractivity contribution >= 4 is 16.9 Å². The van der Waals surface area contributed by atoms with E-state index in [1.807, 2.05) is 36.4 Å². The number of methoxy groups -OCH3 is 1. The average Bonchev–Trinajstić information content (AvgIpc) is 3.22. The summed E-state index contributed by atoms with van der Waals surface area (Å²) >= 11 is 0. The number of hydrogen-bond acceptors (Lipinski definition) is 5. The standard InChI is InChI=1S/C23H22N4O3/c1-29-21-14-16(8-10-20(21)30-12-11-15-5-3-2-4-6-15)22-25-18-9-7-17(23(28)27-24)13-19(18)26-22/h2-10,13-14H,11-12,24H2,1H3,(H,25,26)(H,27,28). The molecule has 1 heterocycles. The first kappa shape index (κ1) is 19.5. The maximum atomic E-state index is 11.7. The fourth-order valence-electron chi connectivity index (χ4n) is 3.23. The molecule has 0 aliphatic heterocycles. The van der Waals surface area contributed by atoms with Gasteiger partial charge in [-0.2, -0.15) is 0 Å². The predicted octanol–water partition coefficient (Wildman–Crippen LogP) is 3.46. The van der Waals surface area contributed by atoms with E-state index in [2.05, 4.69) is 27.5 Å². The number of aromatic nitrogens is 2. The van der Waals surface area contributed by atoms with Crippen molar-refractivity contribution in [3.8, 4) is 22.9 Å². The Bertz CT molecular complexity index is 1170. The molecule has 4 N–H and O–H groups in total. The third-order valence-electron chi connectivity index (χ3n) is 4.80. The fourth-order valence-corrected chi connectivity index (χ4v) is 3.23. The highest BCUT2D eigenvalue weighted by molar-refractivity contribution is 5.97. The Morgan fingerprint density at radius 3 is 2.67 bits per heavy atom. The average molecular weight is 402 g/mol. The highest BCUT2D eigenvalue weighted by Gasteiger charge is 2.12. The Morgan fingerprint density at radius 2 is 1.90 bits per heavy atom. The van der Waals surface area contributed by atoms with Crippen LogP contribution in [0.2, 0.25) is 0 Å². The molecule has 0 aliphatic rings. The monoisotopic (exact) mass is 402 g/mol. The zero-order chi connectivity index (χ0) is 20.9. The van der Waals surface area contributed by atoms with Gasteiger partial charge in [0.05, 0.1) is 24.8 Å². The predicted molar refractivity (Wildman–Crippen MR) is 115 cm³/mol. The molecule has 0 bridgehead atoms. The highest BCUT2D eigenvalue weighted by atomic mass is 16.5. The summed E-state index contributed by atoms with van der Waals surface area (Å²) in [5, 5.41) is 0. The summed E-state index contributed by atoms with van der Waals surface area (Å²) in [6, 6.07) is 21.0. The van der Waals surface area contributed by atoms with E-state index in [-0.39, 0.29) is 5.91 Å². The quantitative estimate of drug-likeness (QED) is 0.250. The number of hydrazine groups is 1. The summed E-state index contributed by atoms with van der Waals surface area (Å²) in [6.07, 6.45) is 0.814. The Kier molecular flexibility index (Phi) is 5.63. The zero-order valence-corrected chi connectivity index (χ0v) is 16.5. The molecule has 7 nitrogen and oxygen atoms in total. The van der Waals surface area contributed by atoms with Gasteiger partial charge < -0.3 is 14.5 Å². The lowest BCUT2D eigenvalue weighted by Gasteiger charge is -2.11. The molecule has 1 aromatic heterocycles. The van der Waals surface area contributed by atoms with Crippen LogP contribution in [0, 0.1) is 0 Å². The summed E-state index contributed by atoms with van der Waals surface area (Å²) < 4.78 is 11.4. The molecule has 7 heteroatoms. The third kappa shape index (κ3) is 4.11. The number of fused-ring (bicyclic) bond motifs is 1. The van der Waals surface area contributed by atoms with Gasteiger partial charge in [-0.15, -0.1) is 0 Å². The van der Waals surface area contributed by atoms with Gasteiger partial charge in [-0.25, -0.2) is 10.8 Å². The van der Waals surface area contributed by atoms with Crippen LogP contribution in [0.1, 0.15) is 15.9 Å². The van der Waals surface area contributed by atoms with E-state index >= 15 is 0 Å². The van der Waals surface area contributed by atoms with Crippen LogP contribution in [0.25, 0.3) is 22.4 Å². The van der Waals surface area contributed by atoms with Gasteiger partial charge in [-0.1, -0.05) is 30.3 Å². The van der Waals surface area contributed by atoms with Crippen molar-refractivity contribution in [1.29, 1.82) is 0 Å². The number of benzene rings is 3. The van der Waals surface area contributed by atoms with Crippen LogP contribution in [-0.2, 0) is 6.42 Å². The second kappa shape index (κ2) is 8.67. The van der Waals surface area contributed by atoms with Crippen LogP contribution >= 0.6 is 0 Å². The molecule has 3 aromatic carbocycles. The van der Waals surface area contributed by atoms with E-state index in [9.17, 15) is 4.79 Å². The van der Waals surface area contributed by atoms with Crippen molar-refractivity contribution in [2.45, 2.75) is 6.42 Å². The number of ether oxygens (including phenoxy) is 2. The summed E-state index contributed by atoms with van der Waals surface area (Å²) in [6.45, 7) is 0.552. The van der Waals surface area contributed by atoms with Gasteiger partial charge in [0.25, 0.3) is 5.91 Å². The molecule has 152 valence electrons. The van der Waals surface area contributed by atoms with Crippen LogP contribution in [0.4, 0.5) is 0 Å². The maximum Gasteiger partial charge on any atom is 0.265 e. The molecule has 0 unspecified atom stereocenters. The molecule has 0 atom stereocenters. The summed E-state index contributed by atoms with van der Waals surface area (Å²) in [4.78, 5) is 19.6. The van der Waals surface area contributed by atoms with Crippen molar-refractivity contribution in [3.05, 3.63) is 77.9 Å². The number of nitrogens with two attached hydrogens (primary N) is 1. The number of hydrogen-bond donors (Lipinski definition) is 3. The Labute approximate surface area is 173 Å². The molecule has 0 saturated carbocycles. The number of H-pyrrole nitrogens is 1. The van der Waals surface area contributed by atoms with Gasteiger partial charge in [0.2, 0.25) is 0 Å². The smallest absolute Gasteiger partial charge is 0.265 e. The highest BCUT2D eigenvalue weighted by Crippen LogP contribution is 2.32. The van der Waals surface area contributed by atoms with Crippen LogP contribution in [0.3, 0.4) is 0 Å². The number of carbonyl (C=O) groups excluding carboxylic acids is 1. The molecule has 4 aromatic rings. The normalized spacial score (nSPS) is 10.7. The Balaban J connectivity index is 1.53. The summed E-state index contributed by atoms with van der Waals surface area (Å²) in [7, 11) is 1.61. The number of nitrogens with one attached hydrogen (secondary N) is 2. The second-order valence-corrected chi connectivity index (χ2v) is 6.74. The zero-order valence-electron chi connectivity index (χ0n) is 16.5. The number of nitrogen functional groups attached to an aromatic ring is 1. The number of amides is 1. The van der Waals surface area contributed by atoms with Crippen LogP contribution < -0.4 is 20.7 Å². The molecule has 0 radical (unpaired) electrons. The van der Waals surface area contributed by atoms with E-state index in [1.54, 1.807) is 25.3 Å². The molecule has 30 heavy (non-hydrogen) atoms. The van der Waals surface area contributed by atoms with Crippen molar-refractivity contribution in [2.24, 2.45) is 5.84 Å². The van der Waals surface area contributed by atoms with Gasteiger partial charge in [0.1, 0.15) is 5.82 Å². The maximum absolute atomic E-state index is 11.7. The minimum Gasteiger partial charge on any atom is -0.493 e. The molecule has 0 saturated heterocycles. The molecule has 1 amide bonds. The lowest BCUT2D eigenvalue weighted by molar-refractivity contribution is 0.0954. The fraction of sp³-hybridized carbons (Fsp3) is 0.130. The van der Waals surface area contributed by atoms with Crippen LogP contribution in [0.15, 0.2) is 66.7 Å². The number of rotatable bonds is 7. The lowest BCUT2D eigenvalue weighted by atomic mass is 10.1. The largest absolute Gasteiger partial charge is 0.493 e. The number of imidazole rings is 1. The minimum atomic E-state index is -0.355. The van der Waals surface area contributed by atoms with E-state index in [0.717, 1.165) is 23.0 Å². The number of aromatic amines is 1. The first-order valence-electron chi connectivity index (χ1n) is 9.54. The van der Waals surface area contributed by atoms with E-state index in [4.69, 9.17) is 15.3 Å². The van der Waals surface area contributed by atoms with Gasteiger partial charge in [0, 0.05) is 17.5 Å². The number of carbonyl (C=O) groups is 1. The first-order valence-corrected chi connectivity index (χ1v) is 9.54. The molecule has 0 spiro atoms. The van der Waals surface area contributed by atoms with Gasteiger partial charge in [-0.3, -0.25) is 10.2 Å². The summed E-state index contributed by atoms with van der Waals surface area (Å²) in [5.41, 5.74) is 6.15. The van der Waals surface area contributed by atoms with Crippen molar-refractivity contribution < 1.29 is 14.3 Å². The first-order chi connectivity index (χ1) is 14.7. The third-order valence-corrected chi connectivity index (χ3v) is 4.80. The van der Waals surface area contributed by atoms with Crippen LogP contribution in [-0.4, -0.2) is 29.6 Å². The van der Waals surface area contributed by atoms with Crippen molar-refractivity contribution in [1.82, 2.24) is 15.4 Å². The molecular weight excluding hydrogens is 380 g/mol. The van der Waals surface area contributed by atoms with Crippen molar-refractivity contribution in [3.63, 3.8) is 0 Å². The number of nitrogens with zero attached hydrogens (tertiary/aromatic N) is 1. The molecule has 0 aliphatic carbocycles. The lowest BCUT2D eigenvalue weighted by Crippen LogP contribution is -2.29. The van der Waals surface area contributed by atoms with E-state index in [1.165, 1.54) is 5.56 Å². The second-order valence-electron chi connectivity index (χ2n) is 6.74. The van der Waals surface area contributed by atoms with Crippen molar-refractivity contribution in [2.75, 3.05) is 13.7 Å². The van der Waals surface area contributed by atoms with Gasteiger partial charge in [-0.05, 0) is 42.0 Å². The van der Waals surface area contributed by atoms with Gasteiger partial charge >= 0.3 is 0 Å². The Morgan fingerprint density at radius 1 is 1.07 bits per heavy atom. The van der Waals surface area contributed by atoms with E-state index in [0.29, 0.717) is 29.5 Å². The Hall–Kier alpha value is -3.84. The van der Waals surface area contributed by atoms with Crippen LogP contribution in [0.5, 0.6) is 11.5 Å². The van der Waals surface area contributed by atoms with Gasteiger partial charge in [0.15, 0.2) is 11.5 Å². The SMILES string of the molecule is COc1cc(-c2nc3ccc(C(=O)NN)cc3[nH]2)ccc1OCCc1ccccc1. The molecule has 4 rings (SSSR count). The molecule has 0 fully saturated rings.